The maximum Gasteiger partial charge on any atom is 0.265 e. The molecule has 0 aromatic heterocycles. The van der Waals surface area contributed by atoms with E-state index in [1.54, 1.807) is 31.2 Å². The third kappa shape index (κ3) is 4.42. The molecule has 180 valence electrons. The predicted molar refractivity (Wildman–Crippen MR) is 128 cm³/mol. The van der Waals surface area contributed by atoms with Crippen LogP contribution in [0.15, 0.2) is 41.3 Å². The Kier molecular flexibility index (Phi) is 6.07. The molecule has 8 nitrogen and oxygen atoms in total. The first-order chi connectivity index (χ1) is 16.3. The number of anilines is 2. The van der Waals surface area contributed by atoms with Crippen molar-refractivity contribution >= 4 is 33.2 Å². The van der Waals surface area contributed by atoms with Crippen molar-refractivity contribution in [2.45, 2.75) is 56.4 Å². The van der Waals surface area contributed by atoms with Crippen LogP contribution in [0.25, 0.3) is 0 Å². The van der Waals surface area contributed by atoms with Crippen LogP contribution >= 0.6 is 0 Å². The lowest BCUT2D eigenvalue weighted by Gasteiger charge is -2.31. The molecule has 5 rings (SSSR count). The summed E-state index contributed by atoms with van der Waals surface area (Å²) in [7, 11) is -3.58. The molecule has 1 saturated heterocycles. The molecule has 2 aromatic rings. The van der Waals surface area contributed by atoms with Crippen LogP contribution in [-0.4, -0.2) is 43.7 Å². The highest BCUT2D eigenvalue weighted by atomic mass is 32.2. The summed E-state index contributed by atoms with van der Waals surface area (Å²) in [6, 6.07) is 10.6. The highest BCUT2D eigenvalue weighted by Crippen LogP contribution is 2.33. The number of aryl methyl sites for hydroxylation is 2. The molecular weight excluding hydrogens is 454 g/mol. The summed E-state index contributed by atoms with van der Waals surface area (Å²) >= 11 is 0. The van der Waals surface area contributed by atoms with Gasteiger partial charge in [0.25, 0.3) is 5.91 Å². The van der Waals surface area contributed by atoms with Gasteiger partial charge in [-0.05, 0) is 86.9 Å². The van der Waals surface area contributed by atoms with E-state index >= 15 is 0 Å². The van der Waals surface area contributed by atoms with Gasteiger partial charge in [0.05, 0.1) is 10.6 Å². The van der Waals surface area contributed by atoms with Gasteiger partial charge >= 0.3 is 0 Å². The van der Waals surface area contributed by atoms with Gasteiger partial charge in [-0.25, -0.2) is 8.42 Å². The van der Waals surface area contributed by atoms with E-state index in [4.69, 9.17) is 4.74 Å². The molecule has 3 aliphatic rings. The first-order valence-corrected chi connectivity index (χ1v) is 13.3. The second-order valence-electron chi connectivity index (χ2n) is 9.27. The van der Waals surface area contributed by atoms with Crippen molar-refractivity contribution in [3.05, 3.63) is 47.5 Å². The van der Waals surface area contributed by atoms with Crippen molar-refractivity contribution in [2.24, 2.45) is 5.92 Å². The molecule has 1 atom stereocenters. The molecule has 0 bridgehead atoms. The molecule has 1 aliphatic carbocycles. The van der Waals surface area contributed by atoms with Crippen LogP contribution in [0.5, 0.6) is 5.75 Å². The second-order valence-corrected chi connectivity index (χ2v) is 11.2. The van der Waals surface area contributed by atoms with Crippen molar-refractivity contribution < 1.29 is 22.7 Å². The second kappa shape index (κ2) is 9.03. The molecule has 2 aliphatic heterocycles. The average molecular weight is 484 g/mol. The topological polar surface area (TPSA) is 105 Å². The van der Waals surface area contributed by atoms with Gasteiger partial charge in [-0.15, -0.1) is 0 Å². The Bertz CT molecular complexity index is 1240. The van der Waals surface area contributed by atoms with Crippen molar-refractivity contribution in [1.82, 2.24) is 4.31 Å². The SMILES string of the molecule is CC1Oc2ccc(NC(=O)C3CCN(S(=O)(=O)c4ccc5c(c4)CCCC5)CC3)cc2NC1=O. The smallest absolute Gasteiger partial charge is 0.265 e. The normalized spacial score (nSPS) is 21.1. The lowest BCUT2D eigenvalue weighted by atomic mass is 9.92. The van der Waals surface area contributed by atoms with Gasteiger partial charge in [0.1, 0.15) is 5.75 Å². The summed E-state index contributed by atoms with van der Waals surface area (Å²) in [5, 5.41) is 5.66. The Labute approximate surface area is 199 Å². The van der Waals surface area contributed by atoms with E-state index in [2.05, 4.69) is 10.6 Å². The number of carbonyl (C=O) groups excluding carboxylic acids is 2. The van der Waals surface area contributed by atoms with Gasteiger partial charge in [0, 0.05) is 24.7 Å². The molecule has 0 radical (unpaired) electrons. The first-order valence-electron chi connectivity index (χ1n) is 11.9. The number of carbonyl (C=O) groups is 2. The summed E-state index contributed by atoms with van der Waals surface area (Å²) < 4.78 is 33.4. The summed E-state index contributed by atoms with van der Waals surface area (Å²) in [5.41, 5.74) is 3.48. The molecule has 2 amide bonds. The third-order valence-corrected chi connectivity index (χ3v) is 8.86. The fourth-order valence-corrected chi connectivity index (χ4v) is 6.43. The fourth-order valence-electron chi connectivity index (χ4n) is 4.91. The zero-order chi connectivity index (χ0) is 23.9. The number of sulfonamides is 1. The van der Waals surface area contributed by atoms with Crippen molar-refractivity contribution in [3.8, 4) is 5.75 Å². The molecule has 0 saturated carbocycles. The van der Waals surface area contributed by atoms with Crippen LogP contribution in [0, 0.1) is 5.92 Å². The fraction of sp³-hybridized carbons (Fsp3) is 0.440. The zero-order valence-corrected chi connectivity index (χ0v) is 20.0. The molecule has 1 unspecified atom stereocenters. The number of piperidine rings is 1. The van der Waals surface area contributed by atoms with Gasteiger partial charge in [0.2, 0.25) is 15.9 Å². The standard InChI is InChI=1S/C25H29N3O5S/c1-16-24(29)27-22-15-20(7-9-23(22)33-16)26-25(30)18-10-12-28(13-11-18)34(31,32)21-8-6-17-4-2-3-5-19(17)14-21/h6-9,14-16,18H,2-5,10-13H2,1H3,(H,26,30)(H,27,29). The molecule has 2 N–H and O–H groups in total. The third-order valence-electron chi connectivity index (χ3n) is 6.96. The lowest BCUT2D eigenvalue weighted by Crippen LogP contribution is -2.41. The van der Waals surface area contributed by atoms with Gasteiger partial charge < -0.3 is 15.4 Å². The van der Waals surface area contributed by atoms with Crippen molar-refractivity contribution in [1.29, 1.82) is 0 Å². The molecular formula is C25H29N3O5S. The van der Waals surface area contributed by atoms with Gasteiger partial charge in [0.15, 0.2) is 6.10 Å². The quantitative estimate of drug-likeness (QED) is 0.694. The summed E-state index contributed by atoms with van der Waals surface area (Å²) in [6.07, 6.45) is 4.55. The molecule has 2 heterocycles. The maximum absolute atomic E-state index is 13.2. The van der Waals surface area contributed by atoms with E-state index in [0.29, 0.717) is 48.0 Å². The molecule has 0 spiro atoms. The average Bonchev–Trinajstić information content (AvgIpc) is 2.84. The van der Waals surface area contributed by atoms with Crippen LogP contribution in [0.1, 0.15) is 43.7 Å². The van der Waals surface area contributed by atoms with E-state index in [-0.39, 0.29) is 17.7 Å². The van der Waals surface area contributed by atoms with E-state index in [9.17, 15) is 18.0 Å². The Hall–Kier alpha value is -2.91. The number of fused-ring (bicyclic) bond motifs is 2. The number of nitrogens with one attached hydrogen (secondary N) is 2. The number of benzene rings is 2. The largest absolute Gasteiger partial charge is 0.479 e. The molecule has 1 fully saturated rings. The minimum Gasteiger partial charge on any atom is -0.479 e. The predicted octanol–water partition coefficient (Wildman–Crippen LogP) is 3.32. The Morgan fingerprint density at radius 1 is 1.06 bits per heavy atom. The number of hydrogen-bond donors (Lipinski definition) is 2. The zero-order valence-electron chi connectivity index (χ0n) is 19.2. The highest BCUT2D eigenvalue weighted by molar-refractivity contribution is 7.89. The molecule has 9 heteroatoms. The number of amides is 2. The van der Waals surface area contributed by atoms with E-state index in [0.717, 1.165) is 31.2 Å². The van der Waals surface area contributed by atoms with Crippen molar-refractivity contribution in [2.75, 3.05) is 23.7 Å². The minimum atomic E-state index is -3.58. The minimum absolute atomic E-state index is 0.151. The van der Waals surface area contributed by atoms with Gasteiger partial charge in [-0.2, -0.15) is 4.31 Å². The monoisotopic (exact) mass is 483 g/mol. The van der Waals surface area contributed by atoms with Crippen LogP contribution in [0.2, 0.25) is 0 Å². The molecule has 34 heavy (non-hydrogen) atoms. The van der Waals surface area contributed by atoms with Crippen LogP contribution < -0.4 is 15.4 Å². The lowest BCUT2D eigenvalue weighted by molar-refractivity contribution is -0.122. The van der Waals surface area contributed by atoms with E-state index < -0.39 is 16.1 Å². The van der Waals surface area contributed by atoms with Crippen LogP contribution in [-0.2, 0) is 32.5 Å². The number of rotatable bonds is 4. The van der Waals surface area contributed by atoms with E-state index in [1.165, 1.54) is 9.87 Å². The van der Waals surface area contributed by atoms with Gasteiger partial charge in [-0.1, -0.05) is 6.07 Å². The summed E-state index contributed by atoms with van der Waals surface area (Å²) in [5.74, 6) is -0.103. The first kappa shape index (κ1) is 22.9. The number of nitrogens with zero attached hydrogens (tertiary/aromatic N) is 1. The van der Waals surface area contributed by atoms with Crippen LogP contribution in [0.4, 0.5) is 11.4 Å². The number of ether oxygens (including phenoxy) is 1. The number of hydrogen-bond acceptors (Lipinski definition) is 5. The maximum atomic E-state index is 13.2. The van der Waals surface area contributed by atoms with Gasteiger partial charge in [-0.3, -0.25) is 9.59 Å². The highest BCUT2D eigenvalue weighted by Gasteiger charge is 2.33. The Morgan fingerprint density at radius 2 is 1.79 bits per heavy atom. The van der Waals surface area contributed by atoms with Crippen molar-refractivity contribution in [3.63, 3.8) is 0 Å². The summed E-state index contributed by atoms with van der Waals surface area (Å²) in [6.45, 7) is 2.29. The Morgan fingerprint density at radius 3 is 2.56 bits per heavy atom. The van der Waals surface area contributed by atoms with E-state index in [1.807, 2.05) is 12.1 Å². The Balaban J connectivity index is 1.21. The molecule has 2 aromatic carbocycles. The van der Waals surface area contributed by atoms with Crippen LogP contribution in [0.3, 0.4) is 0 Å². The summed E-state index contributed by atoms with van der Waals surface area (Å²) in [4.78, 5) is 25.0.